The Kier molecular flexibility index (Phi) is 4.69. The second-order valence-electron chi connectivity index (χ2n) is 5.77. The van der Waals surface area contributed by atoms with Gasteiger partial charge in [-0.1, -0.05) is 5.10 Å². The molecule has 2 heterocycles. The van der Waals surface area contributed by atoms with Crippen molar-refractivity contribution in [2.45, 2.75) is 51.1 Å². The summed E-state index contributed by atoms with van der Waals surface area (Å²) in [7, 11) is 0. The highest BCUT2D eigenvalue weighted by molar-refractivity contribution is 5.76. The molecule has 7 heteroatoms. The van der Waals surface area contributed by atoms with Crippen LogP contribution in [0.15, 0.2) is 4.42 Å². The molecule has 7 nitrogen and oxygen atoms in total. The fourth-order valence-electron chi connectivity index (χ4n) is 2.49. The highest BCUT2D eigenvalue weighted by atomic mass is 16.4. The number of anilines is 1. The van der Waals surface area contributed by atoms with Gasteiger partial charge in [0.25, 0.3) is 0 Å². The molecule has 2 fully saturated rings. The van der Waals surface area contributed by atoms with E-state index in [0.717, 1.165) is 25.9 Å². The van der Waals surface area contributed by atoms with Crippen LogP contribution in [0.5, 0.6) is 0 Å². The number of rotatable bonds is 7. The Morgan fingerprint density at radius 1 is 1.24 bits per heavy atom. The molecule has 2 aliphatic rings. The summed E-state index contributed by atoms with van der Waals surface area (Å²) in [6, 6.07) is 1.02. The summed E-state index contributed by atoms with van der Waals surface area (Å²) >= 11 is 0. The molecule has 1 aliphatic heterocycles. The Morgan fingerprint density at radius 3 is 2.81 bits per heavy atom. The molecular formula is C14H23N5O2. The summed E-state index contributed by atoms with van der Waals surface area (Å²) < 4.78 is 5.47. The van der Waals surface area contributed by atoms with E-state index in [1.807, 2.05) is 4.90 Å². The van der Waals surface area contributed by atoms with E-state index in [2.05, 4.69) is 20.8 Å². The molecule has 0 spiro atoms. The Labute approximate surface area is 124 Å². The van der Waals surface area contributed by atoms with Gasteiger partial charge < -0.3 is 20.0 Å². The van der Waals surface area contributed by atoms with E-state index in [9.17, 15) is 4.79 Å². The average Bonchev–Trinajstić information content (AvgIpc) is 3.25. The minimum Gasteiger partial charge on any atom is -0.407 e. The van der Waals surface area contributed by atoms with E-state index in [0.29, 0.717) is 37.5 Å². The zero-order chi connectivity index (χ0) is 14.5. The minimum absolute atomic E-state index is 0.206. The quantitative estimate of drug-likeness (QED) is 0.784. The fraction of sp³-hybridized carbons (Fsp3) is 0.786. The highest BCUT2D eigenvalue weighted by Crippen LogP contribution is 2.19. The van der Waals surface area contributed by atoms with Gasteiger partial charge in [-0.15, -0.1) is 5.10 Å². The summed E-state index contributed by atoms with van der Waals surface area (Å²) in [5, 5.41) is 14.2. The number of carbonyl (C=O) groups is 1. The molecule has 116 valence electrons. The van der Waals surface area contributed by atoms with Crippen LogP contribution in [0.1, 0.15) is 44.4 Å². The van der Waals surface area contributed by atoms with Gasteiger partial charge in [-0.05, 0) is 32.1 Å². The first kappa shape index (κ1) is 14.3. The van der Waals surface area contributed by atoms with Crippen LogP contribution in [0, 0.1) is 0 Å². The maximum atomic E-state index is 12.0. The molecule has 2 N–H and O–H groups in total. The van der Waals surface area contributed by atoms with Crippen LogP contribution in [0.2, 0.25) is 0 Å². The predicted octanol–water partition coefficient (Wildman–Crippen LogP) is 1.14. The summed E-state index contributed by atoms with van der Waals surface area (Å²) in [6.45, 7) is 2.95. The van der Waals surface area contributed by atoms with Crippen molar-refractivity contribution in [3.05, 3.63) is 5.89 Å². The highest BCUT2D eigenvalue weighted by Gasteiger charge is 2.21. The largest absolute Gasteiger partial charge is 0.407 e. The maximum absolute atomic E-state index is 12.0. The second kappa shape index (κ2) is 6.89. The Hall–Kier alpha value is -1.63. The van der Waals surface area contributed by atoms with Crippen LogP contribution in [0.25, 0.3) is 0 Å². The predicted molar refractivity (Wildman–Crippen MR) is 77.7 cm³/mol. The summed E-state index contributed by atoms with van der Waals surface area (Å²) in [5.41, 5.74) is 0. The Morgan fingerprint density at radius 2 is 2.05 bits per heavy atom. The van der Waals surface area contributed by atoms with E-state index in [4.69, 9.17) is 4.42 Å². The third kappa shape index (κ3) is 4.42. The van der Waals surface area contributed by atoms with Gasteiger partial charge in [-0.3, -0.25) is 4.79 Å². The molecule has 1 amide bonds. The first-order chi connectivity index (χ1) is 10.3. The number of likely N-dealkylation sites (tertiary alicyclic amines) is 1. The van der Waals surface area contributed by atoms with Gasteiger partial charge in [0.1, 0.15) is 0 Å². The van der Waals surface area contributed by atoms with Crippen LogP contribution in [0.4, 0.5) is 6.01 Å². The molecule has 1 aromatic heterocycles. The lowest BCUT2D eigenvalue weighted by Crippen LogP contribution is -2.36. The van der Waals surface area contributed by atoms with Gasteiger partial charge in [0, 0.05) is 32.1 Å². The summed E-state index contributed by atoms with van der Waals surface area (Å²) in [4.78, 5) is 13.9. The number of amides is 1. The maximum Gasteiger partial charge on any atom is 0.315 e. The minimum atomic E-state index is 0.206. The van der Waals surface area contributed by atoms with Crippen LogP contribution in [0.3, 0.4) is 0 Å². The SMILES string of the molecule is O=C(CCNc1nnc(CNC2CC2)o1)N1CCCCC1. The van der Waals surface area contributed by atoms with Crippen molar-refractivity contribution in [2.75, 3.05) is 25.0 Å². The van der Waals surface area contributed by atoms with Crippen molar-refractivity contribution in [1.82, 2.24) is 20.4 Å². The zero-order valence-electron chi connectivity index (χ0n) is 12.3. The van der Waals surface area contributed by atoms with Crippen molar-refractivity contribution >= 4 is 11.9 Å². The van der Waals surface area contributed by atoms with Crippen molar-refractivity contribution in [1.29, 1.82) is 0 Å². The lowest BCUT2D eigenvalue weighted by molar-refractivity contribution is -0.131. The van der Waals surface area contributed by atoms with Crippen LogP contribution < -0.4 is 10.6 Å². The van der Waals surface area contributed by atoms with Crippen LogP contribution in [-0.4, -0.2) is 46.7 Å². The van der Waals surface area contributed by atoms with Gasteiger partial charge in [-0.25, -0.2) is 0 Å². The number of carbonyl (C=O) groups excluding carboxylic acids is 1. The van der Waals surface area contributed by atoms with Crippen molar-refractivity contribution < 1.29 is 9.21 Å². The number of hydrogen-bond acceptors (Lipinski definition) is 6. The van der Waals surface area contributed by atoms with Crippen LogP contribution in [-0.2, 0) is 11.3 Å². The van der Waals surface area contributed by atoms with Crippen molar-refractivity contribution in [2.24, 2.45) is 0 Å². The summed E-state index contributed by atoms with van der Waals surface area (Å²) in [6.07, 6.45) is 6.43. The first-order valence-electron chi connectivity index (χ1n) is 7.89. The number of nitrogens with one attached hydrogen (secondary N) is 2. The molecule has 0 atom stereocenters. The third-order valence-electron chi connectivity index (χ3n) is 3.91. The van der Waals surface area contributed by atoms with Gasteiger partial charge in [0.2, 0.25) is 11.8 Å². The normalized spacial score (nSPS) is 18.8. The first-order valence-corrected chi connectivity index (χ1v) is 7.89. The molecule has 1 saturated heterocycles. The number of aromatic nitrogens is 2. The van der Waals surface area contributed by atoms with E-state index >= 15 is 0 Å². The Bertz CT molecular complexity index is 466. The molecule has 0 radical (unpaired) electrons. The molecule has 1 aliphatic carbocycles. The molecule has 0 aromatic carbocycles. The fourth-order valence-corrected chi connectivity index (χ4v) is 2.49. The van der Waals surface area contributed by atoms with Gasteiger partial charge in [-0.2, -0.15) is 0 Å². The lowest BCUT2D eigenvalue weighted by Gasteiger charge is -2.26. The Balaban J connectivity index is 1.35. The molecular weight excluding hydrogens is 270 g/mol. The number of hydrogen-bond donors (Lipinski definition) is 2. The van der Waals surface area contributed by atoms with E-state index in [1.165, 1.54) is 19.3 Å². The smallest absolute Gasteiger partial charge is 0.315 e. The topological polar surface area (TPSA) is 83.3 Å². The molecule has 1 saturated carbocycles. The molecule has 21 heavy (non-hydrogen) atoms. The van der Waals surface area contributed by atoms with Gasteiger partial charge in [0.15, 0.2) is 0 Å². The van der Waals surface area contributed by atoms with E-state index in [-0.39, 0.29) is 5.91 Å². The van der Waals surface area contributed by atoms with Crippen molar-refractivity contribution in [3.63, 3.8) is 0 Å². The number of piperidine rings is 1. The van der Waals surface area contributed by atoms with E-state index < -0.39 is 0 Å². The van der Waals surface area contributed by atoms with Gasteiger partial charge >= 0.3 is 6.01 Å². The monoisotopic (exact) mass is 293 g/mol. The van der Waals surface area contributed by atoms with Gasteiger partial charge in [0.05, 0.1) is 6.54 Å². The molecule has 3 rings (SSSR count). The summed E-state index contributed by atoms with van der Waals surface area (Å²) in [5.74, 6) is 0.795. The molecule has 0 unspecified atom stereocenters. The third-order valence-corrected chi connectivity index (χ3v) is 3.91. The second-order valence-corrected chi connectivity index (χ2v) is 5.77. The average molecular weight is 293 g/mol. The van der Waals surface area contributed by atoms with Crippen molar-refractivity contribution in [3.8, 4) is 0 Å². The molecule has 0 bridgehead atoms. The van der Waals surface area contributed by atoms with E-state index in [1.54, 1.807) is 0 Å². The lowest BCUT2D eigenvalue weighted by atomic mass is 10.1. The zero-order valence-corrected chi connectivity index (χ0v) is 12.3. The van der Waals surface area contributed by atoms with Crippen LogP contribution >= 0.6 is 0 Å². The number of nitrogens with zero attached hydrogens (tertiary/aromatic N) is 3. The molecule has 1 aromatic rings. The standard InChI is InChI=1S/C14H23N5O2/c20-13(19-8-2-1-3-9-19)6-7-15-14-18-17-12(21-14)10-16-11-4-5-11/h11,16H,1-10H2,(H,15,18).